The molecule has 0 amide bonds. The Morgan fingerprint density at radius 1 is 1.13 bits per heavy atom. The normalized spacial score (nSPS) is 11.8. The summed E-state index contributed by atoms with van der Waals surface area (Å²) >= 11 is 0. The summed E-state index contributed by atoms with van der Waals surface area (Å²) in [7, 11) is 0. The van der Waals surface area contributed by atoms with Gasteiger partial charge in [-0.3, -0.25) is 0 Å². The van der Waals surface area contributed by atoms with E-state index in [1.807, 2.05) is 0 Å². The fourth-order valence-electron chi connectivity index (χ4n) is 2.59. The molecule has 0 bridgehead atoms. The SMILES string of the molecule is CC(C)(C)c1ccc(Cc2nc3cc(C(=O)O)ccc3[nH]2)cc1. The van der Waals surface area contributed by atoms with E-state index >= 15 is 0 Å². The molecule has 0 saturated heterocycles. The molecule has 0 fully saturated rings. The van der Waals surface area contributed by atoms with E-state index < -0.39 is 5.97 Å². The number of aromatic nitrogens is 2. The molecule has 4 heteroatoms. The third-order valence-electron chi connectivity index (χ3n) is 3.97. The van der Waals surface area contributed by atoms with Crippen LogP contribution in [0.15, 0.2) is 42.5 Å². The molecule has 0 saturated carbocycles. The second kappa shape index (κ2) is 5.54. The van der Waals surface area contributed by atoms with Crippen LogP contribution in [0.25, 0.3) is 11.0 Å². The van der Waals surface area contributed by atoms with Crippen molar-refractivity contribution in [1.82, 2.24) is 9.97 Å². The van der Waals surface area contributed by atoms with Crippen molar-refractivity contribution < 1.29 is 9.90 Å². The number of hydrogen-bond donors (Lipinski definition) is 2. The molecular weight excluding hydrogens is 288 g/mol. The van der Waals surface area contributed by atoms with Crippen LogP contribution >= 0.6 is 0 Å². The van der Waals surface area contributed by atoms with Crippen LogP contribution in [0.4, 0.5) is 0 Å². The summed E-state index contributed by atoms with van der Waals surface area (Å²) in [6.45, 7) is 6.59. The van der Waals surface area contributed by atoms with E-state index in [9.17, 15) is 4.79 Å². The van der Waals surface area contributed by atoms with Gasteiger partial charge in [0.2, 0.25) is 0 Å². The first-order valence-corrected chi connectivity index (χ1v) is 7.64. The largest absolute Gasteiger partial charge is 0.478 e. The minimum absolute atomic E-state index is 0.144. The van der Waals surface area contributed by atoms with E-state index in [1.165, 1.54) is 11.1 Å². The minimum Gasteiger partial charge on any atom is -0.478 e. The van der Waals surface area contributed by atoms with Gasteiger partial charge in [-0.1, -0.05) is 45.0 Å². The summed E-state index contributed by atoms with van der Waals surface area (Å²) in [6, 6.07) is 13.5. The van der Waals surface area contributed by atoms with Crippen LogP contribution in [-0.4, -0.2) is 21.0 Å². The molecule has 0 spiro atoms. The Kier molecular flexibility index (Phi) is 3.68. The van der Waals surface area contributed by atoms with Crippen LogP contribution < -0.4 is 0 Å². The topological polar surface area (TPSA) is 66.0 Å². The highest BCUT2D eigenvalue weighted by atomic mass is 16.4. The van der Waals surface area contributed by atoms with Crippen molar-refractivity contribution in [2.75, 3.05) is 0 Å². The van der Waals surface area contributed by atoms with Crippen LogP contribution in [0.3, 0.4) is 0 Å². The summed E-state index contributed by atoms with van der Waals surface area (Å²) in [5, 5.41) is 9.04. The maximum Gasteiger partial charge on any atom is 0.335 e. The van der Waals surface area contributed by atoms with E-state index in [4.69, 9.17) is 5.11 Å². The van der Waals surface area contributed by atoms with Crippen molar-refractivity contribution in [1.29, 1.82) is 0 Å². The zero-order valence-corrected chi connectivity index (χ0v) is 13.6. The molecule has 3 aromatic rings. The fraction of sp³-hybridized carbons (Fsp3) is 0.263. The van der Waals surface area contributed by atoms with Gasteiger partial charge in [0.25, 0.3) is 0 Å². The van der Waals surface area contributed by atoms with Gasteiger partial charge in [-0.25, -0.2) is 9.78 Å². The summed E-state index contributed by atoms with van der Waals surface area (Å²) < 4.78 is 0. The zero-order chi connectivity index (χ0) is 16.6. The molecule has 1 aromatic heterocycles. The quantitative estimate of drug-likeness (QED) is 0.764. The lowest BCUT2D eigenvalue weighted by molar-refractivity contribution is 0.0697. The minimum atomic E-state index is -0.936. The van der Waals surface area contributed by atoms with Crippen LogP contribution in [0.1, 0.15) is 48.1 Å². The summed E-state index contributed by atoms with van der Waals surface area (Å²) in [4.78, 5) is 18.8. The highest BCUT2D eigenvalue weighted by molar-refractivity contribution is 5.92. The number of carboxylic acid groups (broad SMARTS) is 1. The zero-order valence-electron chi connectivity index (χ0n) is 13.6. The van der Waals surface area contributed by atoms with Gasteiger partial charge in [0.15, 0.2) is 0 Å². The van der Waals surface area contributed by atoms with Crippen LogP contribution in [-0.2, 0) is 11.8 Å². The van der Waals surface area contributed by atoms with Gasteiger partial charge in [-0.2, -0.15) is 0 Å². The van der Waals surface area contributed by atoms with Crippen LogP contribution in [0.2, 0.25) is 0 Å². The third-order valence-corrected chi connectivity index (χ3v) is 3.97. The van der Waals surface area contributed by atoms with Crippen molar-refractivity contribution in [3.05, 3.63) is 65.0 Å². The standard InChI is InChI=1S/C19H20N2O2/c1-19(2,3)14-7-4-12(5-8-14)10-17-20-15-9-6-13(18(22)23)11-16(15)21-17/h4-9,11H,10H2,1-3H3,(H,20,21)(H,22,23). The number of carbonyl (C=O) groups is 1. The molecule has 1 heterocycles. The smallest absolute Gasteiger partial charge is 0.335 e. The highest BCUT2D eigenvalue weighted by Crippen LogP contribution is 2.23. The second-order valence-corrected chi connectivity index (χ2v) is 6.84. The Hall–Kier alpha value is -2.62. The van der Waals surface area contributed by atoms with Crippen molar-refractivity contribution >= 4 is 17.0 Å². The molecule has 0 aliphatic heterocycles. The van der Waals surface area contributed by atoms with E-state index in [-0.39, 0.29) is 11.0 Å². The number of hydrogen-bond acceptors (Lipinski definition) is 2. The van der Waals surface area contributed by atoms with Gasteiger partial charge in [-0.05, 0) is 34.7 Å². The van der Waals surface area contributed by atoms with Gasteiger partial charge in [-0.15, -0.1) is 0 Å². The van der Waals surface area contributed by atoms with Crippen molar-refractivity contribution in [2.24, 2.45) is 0 Å². The lowest BCUT2D eigenvalue weighted by atomic mass is 9.86. The first-order valence-electron chi connectivity index (χ1n) is 7.64. The van der Waals surface area contributed by atoms with E-state index in [0.29, 0.717) is 11.9 Å². The first-order chi connectivity index (χ1) is 10.8. The molecule has 118 valence electrons. The molecule has 0 aliphatic rings. The van der Waals surface area contributed by atoms with Gasteiger partial charge in [0, 0.05) is 6.42 Å². The molecule has 3 rings (SSSR count). The van der Waals surface area contributed by atoms with Gasteiger partial charge in [0.05, 0.1) is 16.6 Å². The average Bonchev–Trinajstić information content (AvgIpc) is 2.87. The molecule has 23 heavy (non-hydrogen) atoms. The molecule has 4 nitrogen and oxygen atoms in total. The number of nitrogens with one attached hydrogen (secondary N) is 1. The molecule has 2 N–H and O–H groups in total. The van der Waals surface area contributed by atoms with Gasteiger partial charge < -0.3 is 10.1 Å². The summed E-state index contributed by atoms with van der Waals surface area (Å²) in [5.41, 5.74) is 4.42. The second-order valence-electron chi connectivity index (χ2n) is 6.84. The Bertz CT molecular complexity index is 855. The number of H-pyrrole nitrogens is 1. The Morgan fingerprint density at radius 2 is 1.83 bits per heavy atom. The number of imidazole rings is 1. The maximum atomic E-state index is 11.0. The van der Waals surface area contributed by atoms with E-state index in [1.54, 1.807) is 18.2 Å². The van der Waals surface area contributed by atoms with Crippen molar-refractivity contribution in [3.63, 3.8) is 0 Å². The number of benzene rings is 2. The molecule has 0 atom stereocenters. The Labute approximate surface area is 135 Å². The number of nitrogens with zero attached hydrogens (tertiary/aromatic N) is 1. The molecule has 2 aromatic carbocycles. The van der Waals surface area contributed by atoms with Gasteiger partial charge in [0.1, 0.15) is 5.82 Å². The number of fused-ring (bicyclic) bond motifs is 1. The lowest BCUT2D eigenvalue weighted by Crippen LogP contribution is -2.10. The summed E-state index contributed by atoms with van der Waals surface area (Å²) in [6.07, 6.45) is 0.696. The van der Waals surface area contributed by atoms with Crippen molar-refractivity contribution in [3.8, 4) is 0 Å². The van der Waals surface area contributed by atoms with Crippen LogP contribution in [0.5, 0.6) is 0 Å². The predicted octanol–water partition coefficient (Wildman–Crippen LogP) is 4.15. The molecular formula is C19H20N2O2. The third kappa shape index (κ3) is 3.26. The Balaban J connectivity index is 1.85. The predicted molar refractivity (Wildman–Crippen MR) is 91.0 cm³/mol. The first kappa shape index (κ1) is 15.3. The van der Waals surface area contributed by atoms with E-state index in [2.05, 4.69) is 55.0 Å². The number of aromatic carboxylic acids is 1. The van der Waals surface area contributed by atoms with Gasteiger partial charge >= 0.3 is 5.97 Å². The molecule has 0 aliphatic carbocycles. The van der Waals surface area contributed by atoms with Crippen molar-refractivity contribution in [2.45, 2.75) is 32.6 Å². The maximum absolute atomic E-state index is 11.0. The number of carboxylic acids is 1. The monoisotopic (exact) mass is 308 g/mol. The fourth-order valence-corrected chi connectivity index (χ4v) is 2.59. The number of aromatic amines is 1. The lowest BCUT2D eigenvalue weighted by Gasteiger charge is -2.19. The Morgan fingerprint density at radius 3 is 2.43 bits per heavy atom. The molecule has 0 radical (unpaired) electrons. The summed E-state index contributed by atoms with van der Waals surface area (Å²) in [5.74, 6) is -0.0970. The van der Waals surface area contributed by atoms with Crippen LogP contribution in [0, 0.1) is 0 Å². The number of rotatable bonds is 3. The molecule has 0 unspecified atom stereocenters. The van der Waals surface area contributed by atoms with E-state index in [0.717, 1.165) is 11.3 Å². The average molecular weight is 308 g/mol. The highest BCUT2D eigenvalue weighted by Gasteiger charge is 2.13.